The maximum Gasteiger partial charge on any atom is 0.268 e. The Morgan fingerprint density at radius 2 is 2.10 bits per heavy atom. The number of methoxy groups -OCH3 is 1. The number of nitrogens with zero attached hydrogens (tertiary/aromatic N) is 2. The molecule has 0 unspecified atom stereocenters. The summed E-state index contributed by atoms with van der Waals surface area (Å²) in [6.07, 6.45) is 0. The molecule has 0 aliphatic carbocycles. The van der Waals surface area contributed by atoms with Crippen molar-refractivity contribution in [2.24, 2.45) is 0 Å². The van der Waals surface area contributed by atoms with Gasteiger partial charge in [0.1, 0.15) is 17.4 Å². The quantitative estimate of drug-likeness (QED) is 0.872. The van der Waals surface area contributed by atoms with Crippen molar-refractivity contribution < 1.29 is 4.74 Å². The van der Waals surface area contributed by atoms with Crippen LogP contribution in [0, 0.1) is 11.3 Å². The van der Waals surface area contributed by atoms with Crippen molar-refractivity contribution in [1.82, 2.24) is 4.57 Å². The first-order chi connectivity index (χ1) is 9.62. The molecule has 5 heteroatoms. The lowest BCUT2D eigenvalue weighted by atomic mass is 10.1. The molecule has 0 spiro atoms. The van der Waals surface area contributed by atoms with Gasteiger partial charge in [0.25, 0.3) is 5.56 Å². The fourth-order valence-electron chi connectivity index (χ4n) is 2.06. The molecular weight excluding hydrogens is 276 g/mol. The van der Waals surface area contributed by atoms with E-state index in [-0.39, 0.29) is 11.1 Å². The molecule has 0 bridgehead atoms. The highest BCUT2D eigenvalue weighted by atomic mass is 35.5. The molecule has 0 radical (unpaired) electrons. The van der Waals surface area contributed by atoms with Gasteiger partial charge in [-0.1, -0.05) is 11.6 Å². The van der Waals surface area contributed by atoms with Crippen LogP contribution in [0.3, 0.4) is 0 Å². The van der Waals surface area contributed by atoms with Crippen LogP contribution >= 0.6 is 11.6 Å². The van der Waals surface area contributed by atoms with Crippen molar-refractivity contribution in [3.8, 4) is 23.1 Å². The van der Waals surface area contributed by atoms with Gasteiger partial charge in [-0.2, -0.15) is 5.26 Å². The lowest BCUT2D eigenvalue weighted by Gasteiger charge is -2.12. The van der Waals surface area contributed by atoms with Gasteiger partial charge in [0, 0.05) is 6.54 Å². The molecular formula is C15H13ClN2O2. The van der Waals surface area contributed by atoms with E-state index in [1.54, 1.807) is 29.9 Å². The van der Waals surface area contributed by atoms with E-state index >= 15 is 0 Å². The van der Waals surface area contributed by atoms with Gasteiger partial charge in [0.15, 0.2) is 0 Å². The van der Waals surface area contributed by atoms with Crippen molar-refractivity contribution in [3.63, 3.8) is 0 Å². The zero-order valence-electron chi connectivity index (χ0n) is 11.2. The molecule has 0 amide bonds. The van der Waals surface area contributed by atoms with Crippen molar-refractivity contribution in [2.45, 2.75) is 13.5 Å². The molecule has 0 aliphatic heterocycles. The molecule has 0 atom stereocenters. The average Bonchev–Trinajstić information content (AvgIpc) is 2.46. The third-order valence-electron chi connectivity index (χ3n) is 3.06. The number of benzene rings is 1. The number of rotatable bonds is 3. The Morgan fingerprint density at radius 3 is 2.65 bits per heavy atom. The van der Waals surface area contributed by atoms with E-state index in [0.717, 1.165) is 11.3 Å². The van der Waals surface area contributed by atoms with E-state index in [4.69, 9.17) is 21.6 Å². The smallest absolute Gasteiger partial charge is 0.268 e. The molecule has 1 aromatic carbocycles. The Morgan fingerprint density at radius 1 is 1.35 bits per heavy atom. The summed E-state index contributed by atoms with van der Waals surface area (Å²) in [4.78, 5) is 12.1. The second kappa shape index (κ2) is 5.81. The van der Waals surface area contributed by atoms with Crippen LogP contribution in [0.1, 0.15) is 12.5 Å². The summed E-state index contributed by atoms with van der Waals surface area (Å²) in [5.74, 6) is 0.578. The molecule has 20 heavy (non-hydrogen) atoms. The highest BCUT2D eigenvalue weighted by Crippen LogP contribution is 2.29. The Balaban J connectivity index is 2.65. The topological polar surface area (TPSA) is 55.0 Å². The third kappa shape index (κ3) is 2.40. The van der Waals surface area contributed by atoms with Crippen molar-refractivity contribution in [3.05, 3.63) is 51.3 Å². The Labute approximate surface area is 121 Å². The van der Waals surface area contributed by atoms with E-state index in [1.165, 1.54) is 6.07 Å². The fourth-order valence-corrected chi connectivity index (χ4v) is 2.31. The van der Waals surface area contributed by atoms with Gasteiger partial charge in [-0.05, 0) is 42.8 Å². The zero-order chi connectivity index (χ0) is 14.7. The number of halogens is 1. The van der Waals surface area contributed by atoms with Crippen molar-refractivity contribution in [2.75, 3.05) is 7.11 Å². The normalized spacial score (nSPS) is 10.1. The number of aromatic nitrogens is 1. The fraction of sp³-hybridized carbons (Fsp3) is 0.200. The van der Waals surface area contributed by atoms with Gasteiger partial charge >= 0.3 is 0 Å². The van der Waals surface area contributed by atoms with Crippen molar-refractivity contribution >= 4 is 11.6 Å². The van der Waals surface area contributed by atoms with Gasteiger partial charge in [-0.25, -0.2) is 0 Å². The predicted molar refractivity (Wildman–Crippen MR) is 78.1 cm³/mol. The predicted octanol–water partition coefficient (Wildman–Crippen LogP) is 3.07. The molecule has 0 N–H and O–H groups in total. The summed E-state index contributed by atoms with van der Waals surface area (Å²) >= 11 is 6.11. The molecule has 2 rings (SSSR count). The highest BCUT2D eigenvalue weighted by molar-refractivity contribution is 6.32. The van der Waals surface area contributed by atoms with Crippen molar-refractivity contribution in [1.29, 1.82) is 5.26 Å². The first kappa shape index (κ1) is 14.2. The van der Waals surface area contributed by atoms with E-state index in [9.17, 15) is 4.79 Å². The van der Waals surface area contributed by atoms with E-state index in [0.29, 0.717) is 17.3 Å². The summed E-state index contributed by atoms with van der Waals surface area (Å²) in [7, 11) is 1.55. The Bertz CT molecular complexity index is 745. The number of pyridine rings is 1. The molecule has 0 aliphatic rings. The maximum atomic E-state index is 12.1. The molecule has 0 saturated carbocycles. The van der Waals surface area contributed by atoms with Gasteiger partial charge in [0.2, 0.25) is 0 Å². The molecule has 1 heterocycles. The largest absolute Gasteiger partial charge is 0.495 e. The first-order valence-corrected chi connectivity index (χ1v) is 6.48. The van der Waals surface area contributed by atoms with E-state index < -0.39 is 0 Å². The van der Waals surface area contributed by atoms with Crippen LogP contribution in [-0.2, 0) is 6.54 Å². The van der Waals surface area contributed by atoms with Gasteiger partial charge < -0.3 is 9.30 Å². The van der Waals surface area contributed by atoms with E-state index in [1.807, 2.05) is 19.1 Å². The summed E-state index contributed by atoms with van der Waals surface area (Å²) < 4.78 is 6.66. The lowest BCUT2D eigenvalue weighted by molar-refractivity contribution is 0.415. The van der Waals surface area contributed by atoms with Gasteiger partial charge in [-0.3, -0.25) is 4.79 Å². The minimum atomic E-state index is -0.292. The SMILES string of the molecule is CCn1c(-c2ccc(OC)c(Cl)c2)ccc(C#N)c1=O. The molecule has 4 nitrogen and oxygen atoms in total. The van der Waals surface area contributed by atoms with Gasteiger partial charge in [-0.15, -0.1) is 0 Å². The Kier molecular flexibility index (Phi) is 4.11. The van der Waals surface area contributed by atoms with Crippen LogP contribution in [-0.4, -0.2) is 11.7 Å². The molecule has 1 aromatic heterocycles. The zero-order valence-corrected chi connectivity index (χ0v) is 11.9. The average molecular weight is 289 g/mol. The van der Waals surface area contributed by atoms with Crippen LogP contribution in [0.5, 0.6) is 5.75 Å². The molecule has 2 aromatic rings. The van der Waals surface area contributed by atoms with E-state index in [2.05, 4.69) is 0 Å². The van der Waals surface area contributed by atoms with Gasteiger partial charge in [0.05, 0.1) is 17.8 Å². The van der Waals surface area contributed by atoms with Crippen LogP contribution in [0.15, 0.2) is 35.1 Å². The van der Waals surface area contributed by atoms with Crippen LogP contribution < -0.4 is 10.3 Å². The second-order valence-corrected chi connectivity index (χ2v) is 4.55. The number of hydrogen-bond acceptors (Lipinski definition) is 3. The minimum Gasteiger partial charge on any atom is -0.495 e. The summed E-state index contributed by atoms with van der Waals surface area (Å²) in [6.45, 7) is 2.34. The van der Waals surface area contributed by atoms with Crippen LogP contribution in [0.4, 0.5) is 0 Å². The highest BCUT2D eigenvalue weighted by Gasteiger charge is 2.10. The number of hydrogen-bond donors (Lipinski definition) is 0. The maximum absolute atomic E-state index is 12.1. The lowest BCUT2D eigenvalue weighted by Crippen LogP contribution is -2.23. The standard InChI is InChI=1S/C15H13ClN2O2/c1-3-18-13(6-4-11(9-17)15(18)19)10-5-7-14(20-2)12(16)8-10/h4-8H,3H2,1-2H3. The molecule has 102 valence electrons. The number of ether oxygens (including phenoxy) is 1. The summed E-state index contributed by atoms with van der Waals surface area (Å²) in [5.41, 5.74) is 1.37. The molecule has 0 fully saturated rings. The number of nitriles is 1. The summed E-state index contributed by atoms with van der Waals surface area (Å²) in [6, 6.07) is 10.5. The minimum absolute atomic E-state index is 0.134. The Hall–Kier alpha value is -2.25. The molecule has 0 saturated heterocycles. The monoisotopic (exact) mass is 288 g/mol. The first-order valence-electron chi connectivity index (χ1n) is 6.10. The summed E-state index contributed by atoms with van der Waals surface area (Å²) in [5, 5.41) is 9.39. The second-order valence-electron chi connectivity index (χ2n) is 4.14. The third-order valence-corrected chi connectivity index (χ3v) is 3.35. The van der Waals surface area contributed by atoms with Crippen LogP contribution in [0.25, 0.3) is 11.3 Å². The van der Waals surface area contributed by atoms with Crippen LogP contribution in [0.2, 0.25) is 5.02 Å².